The third-order valence-electron chi connectivity index (χ3n) is 5.40. The Labute approximate surface area is 205 Å². The topological polar surface area (TPSA) is 75.7 Å². The van der Waals surface area contributed by atoms with Crippen LogP contribution in [0, 0.1) is 0 Å². The number of nitrogens with one attached hydrogen (secondary N) is 1. The van der Waals surface area contributed by atoms with E-state index in [2.05, 4.69) is 5.32 Å². The van der Waals surface area contributed by atoms with E-state index in [4.69, 9.17) is 4.74 Å². The van der Waals surface area contributed by atoms with E-state index in [-0.39, 0.29) is 17.5 Å². The van der Waals surface area contributed by atoms with E-state index in [0.29, 0.717) is 17.2 Å². The molecule has 7 heteroatoms. The molecule has 0 saturated heterocycles. The first-order valence-electron chi connectivity index (χ1n) is 11.2. The number of amides is 1. The minimum Gasteiger partial charge on any atom is -0.457 e. The molecule has 4 rings (SSSR count). The zero-order valence-electron chi connectivity index (χ0n) is 19.2. The maximum atomic E-state index is 13.5. The van der Waals surface area contributed by atoms with Crippen LogP contribution in [0.1, 0.15) is 18.5 Å². The summed E-state index contributed by atoms with van der Waals surface area (Å²) in [4.78, 5) is 13.1. The molecule has 0 spiro atoms. The van der Waals surface area contributed by atoms with Gasteiger partial charge in [0.15, 0.2) is 0 Å². The molecular formula is C28H26N2O4S. The first-order valence-corrected chi connectivity index (χ1v) is 12.6. The smallest absolute Gasteiger partial charge is 0.264 e. The molecule has 0 aromatic heterocycles. The van der Waals surface area contributed by atoms with Crippen LogP contribution in [0.25, 0.3) is 0 Å². The minimum atomic E-state index is -3.99. The molecular weight excluding hydrogens is 460 g/mol. The van der Waals surface area contributed by atoms with Gasteiger partial charge in [-0.15, -0.1) is 0 Å². The molecule has 6 nitrogen and oxygen atoms in total. The zero-order chi connectivity index (χ0) is 24.7. The molecule has 1 atom stereocenters. The van der Waals surface area contributed by atoms with Crippen molar-refractivity contribution in [3.8, 4) is 11.5 Å². The van der Waals surface area contributed by atoms with E-state index in [1.165, 1.54) is 12.1 Å². The number of ether oxygens (including phenoxy) is 1. The lowest BCUT2D eigenvalue weighted by Crippen LogP contribution is -2.41. The third-order valence-corrected chi connectivity index (χ3v) is 7.19. The van der Waals surface area contributed by atoms with Gasteiger partial charge in [0.1, 0.15) is 18.0 Å². The fraction of sp³-hybridized carbons (Fsp3) is 0.107. The highest BCUT2D eigenvalue weighted by molar-refractivity contribution is 7.92. The highest BCUT2D eigenvalue weighted by atomic mass is 32.2. The Balaban J connectivity index is 1.59. The van der Waals surface area contributed by atoms with Crippen LogP contribution in [-0.4, -0.2) is 20.9 Å². The highest BCUT2D eigenvalue weighted by Gasteiger charge is 2.27. The Kier molecular flexibility index (Phi) is 7.48. The minimum absolute atomic E-state index is 0.105. The maximum Gasteiger partial charge on any atom is 0.264 e. The van der Waals surface area contributed by atoms with Crippen molar-refractivity contribution < 1.29 is 17.9 Å². The van der Waals surface area contributed by atoms with E-state index in [1.807, 2.05) is 67.6 Å². The molecule has 0 heterocycles. The molecule has 1 N–H and O–H groups in total. The summed E-state index contributed by atoms with van der Waals surface area (Å²) in [6.07, 6.45) is 0. The zero-order valence-corrected chi connectivity index (χ0v) is 20.1. The largest absolute Gasteiger partial charge is 0.457 e. The normalized spacial score (nSPS) is 11.9. The van der Waals surface area contributed by atoms with Crippen LogP contribution in [0.3, 0.4) is 0 Å². The number of nitrogens with zero attached hydrogens (tertiary/aromatic N) is 1. The Morgan fingerprint density at radius 1 is 0.771 bits per heavy atom. The summed E-state index contributed by atoms with van der Waals surface area (Å²) in [6.45, 7) is 1.49. The van der Waals surface area contributed by atoms with Crippen LogP contribution in [0.15, 0.2) is 120 Å². The summed E-state index contributed by atoms with van der Waals surface area (Å²) in [5.74, 6) is 0.813. The first kappa shape index (κ1) is 24.0. The molecule has 1 amide bonds. The number of hydrogen-bond acceptors (Lipinski definition) is 4. The Hall–Kier alpha value is -4.10. The van der Waals surface area contributed by atoms with E-state index in [9.17, 15) is 13.2 Å². The van der Waals surface area contributed by atoms with E-state index in [0.717, 1.165) is 9.87 Å². The quantitative estimate of drug-likeness (QED) is 0.336. The second-order valence-electron chi connectivity index (χ2n) is 7.93. The molecule has 0 saturated carbocycles. The number of anilines is 1. The predicted molar refractivity (Wildman–Crippen MR) is 137 cm³/mol. The molecule has 4 aromatic rings. The average molecular weight is 487 g/mol. The summed E-state index contributed by atoms with van der Waals surface area (Å²) < 4.78 is 34.0. The molecule has 0 fully saturated rings. The van der Waals surface area contributed by atoms with Crippen molar-refractivity contribution in [3.63, 3.8) is 0 Å². The maximum absolute atomic E-state index is 13.5. The van der Waals surface area contributed by atoms with Crippen molar-refractivity contribution in [2.24, 2.45) is 0 Å². The van der Waals surface area contributed by atoms with Crippen LogP contribution in [0.4, 0.5) is 5.69 Å². The molecule has 35 heavy (non-hydrogen) atoms. The SMILES string of the molecule is C[C@@H](NC(=O)CN(c1ccc(Oc2ccccc2)cc1)S(=O)(=O)c1ccccc1)c1ccccc1. The number of sulfonamides is 1. The van der Waals surface area contributed by atoms with Crippen LogP contribution in [-0.2, 0) is 14.8 Å². The lowest BCUT2D eigenvalue weighted by Gasteiger charge is -2.25. The van der Waals surface area contributed by atoms with Gasteiger partial charge in [0, 0.05) is 0 Å². The van der Waals surface area contributed by atoms with Crippen molar-refractivity contribution in [1.29, 1.82) is 0 Å². The van der Waals surface area contributed by atoms with Gasteiger partial charge in [-0.05, 0) is 61.0 Å². The van der Waals surface area contributed by atoms with Crippen molar-refractivity contribution >= 4 is 21.6 Å². The predicted octanol–water partition coefficient (Wildman–Crippen LogP) is 5.55. The molecule has 0 aliphatic heterocycles. The molecule has 4 aromatic carbocycles. The second-order valence-corrected chi connectivity index (χ2v) is 9.80. The van der Waals surface area contributed by atoms with Gasteiger partial charge in [-0.3, -0.25) is 9.10 Å². The van der Waals surface area contributed by atoms with Crippen molar-refractivity contribution in [1.82, 2.24) is 5.32 Å². The Bertz CT molecular complexity index is 1340. The number of carbonyl (C=O) groups excluding carboxylic acids is 1. The monoisotopic (exact) mass is 486 g/mol. The highest BCUT2D eigenvalue weighted by Crippen LogP contribution is 2.28. The number of para-hydroxylation sites is 1. The lowest BCUT2D eigenvalue weighted by atomic mass is 10.1. The van der Waals surface area contributed by atoms with Gasteiger partial charge in [-0.1, -0.05) is 66.7 Å². The molecule has 0 bridgehead atoms. The van der Waals surface area contributed by atoms with Gasteiger partial charge in [0.25, 0.3) is 10.0 Å². The standard InChI is InChI=1S/C28H26N2O4S/c1-22(23-11-5-2-6-12-23)29-28(31)21-30(35(32,33)27-15-9-4-10-16-27)24-17-19-26(20-18-24)34-25-13-7-3-8-14-25/h2-20,22H,21H2,1H3,(H,29,31)/t22-/m1/s1. The summed E-state index contributed by atoms with van der Waals surface area (Å²) in [7, 11) is -3.99. The molecule has 0 aliphatic carbocycles. The van der Waals surface area contributed by atoms with Gasteiger partial charge in [-0.2, -0.15) is 0 Å². The van der Waals surface area contributed by atoms with Crippen molar-refractivity contribution in [2.75, 3.05) is 10.8 Å². The second kappa shape index (κ2) is 10.9. The fourth-order valence-corrected chi connectivity index (χ4v) is 5.02. The van der Waals surface area contributed by atoms with Crippen LogP contribution < -0.4 is 14.4 Å². The van der Waals surface area contributed by atoms with Gasteiger partial charge >= 0.3 is 0 Å². The Morgan fingerprint density at radius 3 is 1.89 bits per heavy atom. The van der Waals surface area contributed by atoms with Crippen LogP contribution >= 0.6 is 0 Å². The van der Waals surface area contributed by atoms with E-state index < -0.39 is 15.9 Å². The van der Waals surface area contributed by atoms with Crippen molar-refractivity contribution in [2.45, 2.75) is 17.9 Å². The summed E-state index contributed by atoms with van der Waals surface area (Å²) >= 11 is 0. The van der Waals surface area contributed by atoms with Gasteiger partial charge in [-0.25, -0.2) is 8.42 Å². The molecule has 0 radical (unpaired) electrons. The van der Waals surface area contributed by atoms with E-state index >= 15 is 0 Å². The Morgan fingerprint density at radius 2 is 1.29 bits per heavy atom. The van der Waals surface area contributed by atoms with Gasteiger partial charge < -0.3 is 10.1 Å². The van der Waals surface area contributed by atoms with Gasteiger partial charge in [0.2, 0.25) is 5.91 Å². The van der Waals surface area contributed by atoms with Crippen LogP contribution in [0.2, 0.25) is 0 Å². The van der Waals surface area contributed by atoms with E-state index in [1.54, 1.807) is 42.5 Å². The number of benzene rings is 4. The number of hydrogen-bond donors (Lipinski definition) is 1. The van der Waals surface area contributed by atoms with Crippen LogP contribution in [0.5, 0.6) is 11.5 Å². The number of rotatable bonds is 9. The third kappa shape index (κ3) is 6.07. The summed E-state index contributed by atoms with van der Waals surface area (Å²) in [5, 5.41) is 2.89. The average Bonchev–Trinajstić information content (AvgIpc) is 2.89. The van der Waals surface area contributed by atoms with Gasteiger partial charge in [0.05, 0.1) is 16.6 Å². The molecule has 0 unspecified atom stereocenters. The summed E-state index contributed by atoms with van der Waals surface area (Å²) in [5.41, 5.74) is 1.29. The molecule has 0 aliphatic rings. The lowest BCUT2D eigenvalue weighted by molar-refractivity contribution is -0.120. The fourth-order valence-electron chi connectivity index (χ4n) is 3.58. The molecule has 178 valence electrons. The number of carbonyl (C=O) groups is 1. The first-order chi connectivity index (χ1) is 16.9. The van der Waals surface area contributed by atoms with Crippen molar-refractivity contribution in [3.05, 3.63) is 121 Å². The summed E-state index contributed by atoms with van der Waals surface area (Å²) in [6, 6.07) is 33.2.